The Morgan fingerprint density at radius 3 is 3.20 bits per heavy atom. The predicted octanol–water partition coefficient (Wildman–Crippen LogP) is 1.17. The SMILES string of the molecule is CN1CCCC(Nc2cccnc2N)C1. The number of nitrogens with two attached hydrogens (primary N) is 1. The average Bonchev–Trinajstić information content (AvgIpc) is 2.22. The third-order valence-corrected chi connectivity index (χ3v) is 2.82. The van der Waals surface area contributed by atoms with E-state index in [0.717, 1.165) is 12.2 Å². The number of rotatable bonds is 2. The van der Waals surface area contributed by atoms with Crippen molar-refractivity contribution in [1.82, 2.24) is 9.88 Å². The summed E-state index contributed by atoms with van der Waals surface area (Å²) in [6, 6.07) is 4.39. The van der Waals surface area contributed by atoms with E-state index in [4.69, 9.17) is 5.73 Å². The molecule has 0 saturated carbocycles. The van der Waals surface area contributed by atoms with E-state index in [-0.39, 0.29) is 0 Å². The highest BCUT2D eigenvalue weighted by Crippen LogP contribution is 2.18. The molecule has 1 aromatic rings. The van der Waals surface area contributed by atoms with Gasteiger partial charge in [0.15, 0.2) is 0 Å². The predicted molar refractivity (Wildman–Crippen MR) is 62.8 cm³/mol. The number of pyridine rings is 1. The standard InChI is InChI=1S/C11H18N4/c1-15-7-3-4-9(8-15)14-10-5-2-6-13-11(10)12/h2,5-6,9,14H,3-4,7-8H2,1H3,(H2,12,13). The third kappa shape index (κ3) is 2.59. The number of aromatic nitrogens is 1. The van der Waals surface area contributed by atoms with Crippen molar-refractivity contribution in [2.75, 3.05) is 31.2 Å². The molecule has 4 heteroatoms. The quantitative estimate of drug-likeness (QED) is 0.762. The first-order valence-corrected chi connectivity index (χ1v) is 5.41. The largest absolute Gasteiger partial charge is 0.382 e. The van der Waals surface area contributed by atoms with Crippen LogP contribution < -0.4 is 11.1 Å². The molecule has 1 saturated heterocycles. The molecule has 2 heterocycles. The van der Waals surface area contributed by atoms with Gasteiger partial charge in [-0.3, -0.25) is 0 Å². The molecule has 4 nitrogen and oxygen atoms in total. The number of hydrogen-bond acceptors (Lipinski definition) is 4. The fraction of sp³-hybridized carbons (Fsp3) is 0.545. The second-order valence-electron chi connectivity index (χ2n) is 4.18. The monoisotopic (exact) mass is 206 g/mol. The Labute approximate surface area is 90.5 Å². The van der Waals surface area contributed by atoms with E-state index in [1.54, 1.807) is 6.20 Å². The average molecular weight is 206 g/mol. The number of likely N-dealkylation sites (N-methyl/N-ethyl adjacent to an activating group) is 1. The molecule has 1 fully saturated rings. The van der Waals surface area contributed by atoms with Crippen LogP contribution in [0.2, 0.25) is 0 Å². The van der Waals surface area contributed by atoms with Gasteiger partial charge in [-0.1, -0.05) is 0 Å². The van der Waals surface area contributed by atoms with Crippen LogP contribution in [0, 0.1) is 0 Å². The normalized spacial score (nSPS) is 22.6. The molecule has 82 valence electrons. The van der Waals surface area contributed by atoms with Crippen LogP contribution in [0.25, 0.3) is 0 Å². The highest BCUT2D eigenvalue weighted by molar-refractivity contribution is 5.61. The Morgan fingerprint density at radius 1 is 1.60 bits per heavy atom. The maximum atomic E-state index is 5.79. The fourth-order valence-corrected chi connectivity index (χ4v) is 2.04. The summed E-state index contributed by atoms with van der Waals surface area (Å²) in [5, 5.41) is 3.45. The van der Waals surface area contributed by atoms with E-state index in [1.165, 1.54) is 19.4 Å². The number of nitrogen functional groups attached to an aromatic ring is 1. The Bertz CT molecular complexity index is 326. The van der Waals surface area contributed by atoms with Crippen molar-refractivity contribution >= 4 is 11.5 Å². The smallest absolute Gasteiger partial charge is 0.146 e. The van der Waals surface area contributed by atoms with Crippen molar-refractivity contribution in [1.29, 1.82) is 0 Å². The molecule has 1 aromatic heterocycles. The molecule has 1 aliphatic rings. The highest BCUT2D eigenvalue weighted by Gasteiger charge is 2.17. The Kier molecular flexibility index (Phi) is 3.06. The lowest BCUT2D eigenvalue weighted by atomic mass is 10.1. The molecule has 15 heavy (non-hydrogen) atoms. The summed E-state index contributed by atoms with van der Waals surface area (Å²) >= 11 is 0. The minimum Gasteiger partial charge on any atom is -0.382 e. The van der Waals surface area contributed by atoms with Crippen molar-refractivity contribution < 1.29 is 0 Å². The number of likely N-dealkylation sites (tertiary alicyclic amines) is 1. The van der Waals surface area contributed by atoms with Crippen molar-refractivity contribution in [2.24, 2.45) is 0 Å². The van der Waals surface area contributed by atoms with Gasteiger partial charge in [-0.15, -0.1) is 0 Å². The number of piperidine rings is 1. The minimum atomic E-state index is 0.496. The van der Waals surface area contributed by atoms with Gasteiger partial charge in [0, 0.05) is 18.8 Å². The lowest BCUT2D eigenvalue weighted by Gasteiger charge is -2.31. The zero-order valence-electron chi connectivity index (χ0n) is 9.11. The van der Waals surface area contributed by atoms with Crippen molar-refractivity contribution in [2.45, 2.75) is 18.9 Å². The first kappa shape index (κ1) is 10.2. The van der Waals surface area contributed by atoms with E-state index in [2.05, 4.69) is 22.2 Å². The van der Waals surface area contributed by atoms with Gasteiger partial charge in [0.25, 0.3) is 0 Å². The zero-order valence-corrected chi connectivity index (χ0v) is 9.11. The number of nitrogens with zero attached hydrogens (tertiary/aromatic N) is 2. The molecule has 3 N–H and O–H groups in total. The maximum absolute atomic E-state index is 5.79. The van der Waals surface area contributed by atoms with E-state index < -0.39 is 0 Å². The van der Waals surface area contributed by atoms with Crippen molar-refractivity contribution in [3.63, 3.8) is 0 Å². The maximum Gasteiger partial charge on any atom is 0.146 e. The summed E-state index contributed by atoms with van der Waals surface area (Å²) in [5.74, 6) is 0.589. The van der Waals surface area contributed by atoms with E-state index >= 15 is 0 Å². The lowest BCUT2D eigenvalue weighted by molar-refractivity contribution is 0.261. The zero-order chi connectivity index (χ0) is 10.7. The van der Waals surface area contributed by atoms with Gasteiger partial charge >= 0.3 is 0 Å². The van der Waals surface area contributed by atoms with Gasteiger partial charge in [-0.25, -0.2) is 4.98 Å². The first-order chi connectivity index (χ1) is 7.25. The van der Waals surface area contributed by atoms with Crippen LogP contribution in [0.3, 0.4) is 0 Å². The lowest BCUT2D eigenvalue weighted by Crippen LogP contribution is -2.39. The third-order valence-electron chi connectivity index (χ3n) is 2.82. The molecule has 0 aliphatic carbocycles. The summed E-state index contributed by atoms with van der Waals surface area (Å²) in [7, 11) is 2.15. The second-order valence-corrected chi connectivity index (χ2v) is 4.18. The summed E-state index contributed by atoms with van der Waals surface area (Å²) in [4.78, 5) is 6.41. The molecule has 2 rings (SSSR count). The van der Waals surface area contributed by atoms with Crippen LogP contribution >= 0.6 is 0 Å². The molecule has 0 amide bonds. The number of anilines is 2. The molecule has 0 bridgehead atoms. The minimum absolute atomic E-state index is 0.496. The van der Waals surface area contributed by atoms with Crippen LogP contribution in [0.15, 0.2) is 18.3 Å². The Balaban J connectivity index is 1.99. The van der Waals surface area contributed by atoms with Crippen molar-refractivity contribution in [3.05, 3.63) is 18.3 Å². The summed E-state index contributed by atoms with van der Waals surface area (Å²) in [6.45, 7) is 2.27. The van der Waals surface area contributed by atoms with Gasteiger partial charge in [0.2, 0.25) is 0 Å². The first-order valence-electron chi connectivity index (χ1n) is 5.41. The van der Waals surface area contributed by atoms with Crippen LogP contribution in [0.5, 0.6) is 0 Å². The summed E-state index contributed by atoms with van der Waals surface area (Å²) < 4.78 is 0. The van der Waals surface area contributed by atoms with Gasteiger partial charge in [0.05, 0.1) is 5.69 Å². The van der Waals surface area contributed by atoms with Gasteiger partial charge in [-0.05, 0) is 38.6 Å². The molecule has 0 radical (unpaired) electrons. The van der Waals surface area contributed by atoms with Gasteiger partial charge in [0.1, 0.15) is 5.82 Å². The summed E-state index contributed by atoms with van der Waals surface area (Å²) in [6.07, 6.45) is 4.17. The molecule has 1 aliphatic heterocycles. The Morgan fingerprint density at radius 2 is 2.47 bits per heavy atom. The molecular formula is C11H18N4. The molecule has 1 unspecified atom stereocenters. The van der Waals surface area contributed by atoms with E-state index in [1.807, 2.05) is 12.1 Å². The number of nitrogens with one attached hydrogen (secondary N) is 1. The van der Waals surface area contributed by atoms with E-state index in [9.17, 15) is 0 Å². The molecule has 0 spiro atoms. The topological polar surface area (TPSA) is 54.2 Å². The fourth-order valence-electron chi connectivity index (χ4n) is 2.04. The number of hydrogen-bond donors (Lipinski definition) is 2. The van der Waals surface area contributed by atoms with Crippen LogP contribution in [-0.4, -0.2) is 36.1 Å². The van der Waals surface area contributed by atoms with Gasteiger partial charge < -0.3 is 16.0 Å². The van der Waals surface area contributed by atoms with Crippen molar-refractivity contribution in [3.8, 4) is 0 Å². The second kappa shape index (κ2) is 4.49. The van der Waals surface area contributed by atoms with Gasteiger partial charge in [-0.2, -0.15) is 0 Å². The molecule has 1 atom stereocenters. The van der Waals surface area contributed by atoms with E-state index in [0.29, 0.717) is 11.9 Å². The molecule has 0 aromatic carbocycles. The highest BCUT2D eigenvalue weighted by atomic mass is 15.1. The van der Waals surface area contributed by atoms with Crippen LogP contribution in [-0.2, 0) is 0 Å². The van der Waals surface area contributed by atoms with Crippen LogP contribution in [0.1, 0.15) is 12.8 Å². The molecular weight excluding hydrogens is 188 g/mol. The summed E-state index contributed by atoms with van der Waals surface area (Å²) in [5.41, 5.74) is 6.74. The van der Waals surface area contributed by atoms with Crippen LogP contribution in [0.4, 0.5) is 11.5 Å². The Hall–Kier alpha value is -1.29.